The molecular formula is C25H26N4O3S. The molecule has 2 aromatic heterocycles. The van der Waals surface area contributed by atoms with Crippen molar-refractivity contribution in [1.82, 2.24) is 14.8 Å². The number of rotatable bonds is 7. The molecule has 0 fully saturated rings. The van der Waals surface area contributed by atoms with E-state index in [0.29, 0.717) is 27.8 Å². The summed E-state index contributed by atoms with van der Waals surface area (Å²) in [5, 5.41) is 5.11. The fourth-order valence-corrected chi connectivity index (χ4v) is 4.77. The highest BCUT2D eigenvalue weighted by Crippen LogP contribution is 2.37. The van der Waals surface area contributed by atoms with E-state index in [1.54, 1.807) is 30.0 Å². The summed E-state index contributed by atoms with van der Waals surface area (Å²) in [7, 11) is 5.06. The molecule has 7 nitrogen and oxygen atoms in total. The normalized spacial score (nSPS) is 11.8. The van der Waals surface area contributed by atoms with Crippen LogP contribution in [0.5, 0.6) is 11.5 Å². The molecule has 8 heteroatoms. The largest absolute Gasteiger partial charge is 0.497 e. The molecule has 4 aromatic rings. The van der Waals surface area contributed by atoms with Crippen molar-refractivity contribution >= 4 is 22.9 Å². The molecule has 1 atom stereocenters. The molecule has 0 radical (unpaired) electrons. The molecule has 0 aliphatic carbocycles. The SMILES string of the molecule is COc1ccc(OC)c([C@@H](C)N(C(=O)c2sc(-c3ccccc3)nc2C)c2cnn(C)c2)c1. The van der Waals surface area contributed by atoms with Crippen LogP contribution in [0, 0.1) is 6.92 Å². The highest BCUT2D eigenvalue weighted by Gasteiger charge is 2.30. The summed E-state index contributed by atoms with van der Waals surface area (Å²) >= 11 is 1.40. The van der Waals surface area contributed by atoms with E-state index in [-0.39, 0.29) is 11.9 Å². The van der Waals surface area contributed by atoms with Crippen molar-refractivity contribution in [2.75, 3.05) is 19.1 Å². The van der Waals surface area contributed by atoms with Crippen LogP contribution >= 0.6 is 11.3 Å². The molecule has 0 aliphatic heterocycles. The molecule has 0 spiro atoms. The van der Waals surface area contributed by atoms with Crippen LogP contribution in [0.1, 0.15) is 33.9 Å². The molecule has 4 rings (SSSR count). The number of aryl methyl sites for hydroxylation is 2. The van der Waals surface area contributed by atoms with E-state index >= 15 is 0 Å². The average Bonchev–Trinajstić information content (AvgIpc) is 3.44. The second-order valence-electron chi connectivity index (χ2n) is 7.63. The number of methoxy groups -OCH3 is 2. The van der Waals surface area contributed by atoms with E-state index in [1.165, 1.54) is 11.3 Å². The minimum absolute atomic E-state index is 0.141. The Kier molecular flexibility index (Phi) is 6.46. The summed E-state index contributed by atoms with van der Waals surface area (Å²) < 4.78 is 12.7. The number of thiazole rings is 1. The lowest BCUT2D eigenvalue weighted by Gasteiger charge is -2.29. The molecule has 1 amide bonds. The molecule has 0 bridgehead atoms. The van der Waals surface area contributed by atoms with Crippen LogP contribution in [-0.2, 0) is 7.05 Å². The van der Waals surface area contributed by atoms with Crippen molar-refractivity contribution in [3.8, 4) is 22.1 Å². The lowest BCUT2D eigenvalue weighted by Crippen LogP contribution is -2.33. The van der Waals surface area contributed by atoms with Gasteiger partial charge in [0.1, 0.15) is 21.4 Å². The number of aromatic nitrogens is 3. The summed E-state index contributed by atoms with van der Waals surface area (Å²) in [6, 6.07) is 15.1. The Labute approximate surface area is 197 Å². The van der Waals surface area contributed by atoms with Crippen LogP contribution in [0.3, 0.4) is 0 Å². The van der Waals surface area contributed by atoms with Crippen LogP contribution in [0.25, 0.3) is 10.6 Å². The molecule has 0 unspecified atom stereocenters. The molecule has 2 aromatic carbocycles. The first-order valence-electron chi connectivity index (χ1n) is 10.5. The Morgan fingerprint density at radius 1 is 1.12 bits per heavy atom. The van der Waals surface area contributed by atoms with Gasteiger partial charge >= 0.3 is 0 Å². The van der Waals surface area contributed by atoms with E-state index < -0.39 is 0 Å². The van der Waals surface area contributed by atoms with Crippen molar-refractivity contribution < 1.29 is 14.3 Å². The molecule has 0 saturated carbocycles. The first-order valence-corrected chi connectivity index (χ1v) is 11.3. The van der Waals surface area contributed by atoms with Gasteiger partial charge in [-0.15, -0.1) is 11.3 Å². The van der Waals surface area contributed by atoms with Crippen molar-refractivity contribution in [1.29, 1.82) is 0 Å². The van der Waals surface area contributed by atoms with E-state index in [4.69, 9.17) is 9.47 Å². The highest BCUT2D eigenvalue weighted by atomic mass is 32.1. The summed E-state index contributed by atoms with van der Waals surface area (Å²) in [6.07, 6.45) is 3.52. The fraction of sp³-hybridized carbons (Fsp3) is 0.240. The predicted molar refractivity (Wildman–Crippen MR) is 130 cm³/mol. The third kappa shape index (κ3) is 4.47. The summed E-state index contributed by atoms with van der Waals surface area (Å²) in [6.45, 7) is 3.84. The number of anilines is 1. The van der Waals surface area contributed by atoms with Crippen LogP contribution in [0.15, 0.2) is 60.9 Å². The predicted octanol–water partition coefficient (Wildman–Crippen LogP) is 5.28. The molecule has 0 saturated heterocycles. The fourth-order valence-electron chi connectivity index (χ4n) is 3.76. The Balaban J connectivity index is 1.80. The zero-order valence-corrected chi connectivity index (χ0v) is 20.1. The standard InChI is InChI=1S/C25H26N4O3S/c1-16-23(33-24(27-16)18-9-7-6-8-10-18)25(30)29(19-14-26-28(3)15-19)17(2)21-13-20(31-4)11-12-22(21)32-5/h6-15,17H,1-5H3/t17-/m1/s1. The highest BCUT2D eigenvalue weighted by molar-refractivity contribution is 7.17. The Morgan fingerprint density at radius 2 is 1.88 bits per heavy atom. The Morgan fingerprint density at radius 3 is 2.52 bits per heavy atom. The second kappa shape index (κ2) is 9.46. The maximum atomic E-state index is 14.0. The number of hydrogen-bond acceptors (Lipinski definition) is 6. The van der Waals surface area contributed by atoms with Gasteiger partial charge in [-0.1, -0.05) is 30.3 Å². The van der Waals surface area contributed by atoms with Gasteiger partial charge in [-0.3, -0.25) is 14.4 Å². The molecule has 2 heterocycles. The zero-order chi connectivity index (χ0) is 23.5. The monoisotopic (exact) mass is 462 g/mol. The summed E-state index contributed by atoms with van der Waals surface area (Å²) in [5.74, 6) is 1.23. The molecule has 33 heavy (non-hydrogen) atoms. The van der Waals surface area contributed by atoms with Gasteiger partial charge in [0.15, 0.2) is 0 Å². The minimum Gasteiger partial charge on any atom is -0.497 e. The van der Waals surface area contributed by atoms with Crippen LogP contribution in [0.4, 0.5) is 5.69 Å². The van der Waals surface area contributed by atoms with E-state index in [2.05, 4.69) is 10.1 Å². The topological polar surface area (TPSA) is 69.5 Å². The lowest BCUT2D eigenvalue weighted by atomic mass is 10.0. The zero-order valence-electron chi connectivity index (χ0n) is 19.3. The van der Waals surface area contributed by atoms with Gasteiger partial charge in [-0.2, -0.15) is 5.10 Å². The van der Waals surface area contributed by atoms with Crippen LogP contribution in [0.2, 0.25) is 0 Å². The number of ether oxygens (including phenoxy) is 2. The van der Waals surface area contributed by atoms with Gasteiger partial charge in [0.25, 0.3) is 5.91 Å². The smallest absolute Gasteiger partial charge is 0.270 e. The van der Waals surface area contributed by atoms with E-state index in [9.17, 15) is 4.79 Å². The van der Waals surface area contributed by atoms with Crippen molar-refractivity contribution in [2.24, 2.45) is 7.05 Å². The van der Waals surface area contributed by atoms with Crippen LogP contribution in [-0.4, -0.2) is 34.9 Å². The summed E-state index contributed by atoms with van der Waals surface area (Å²) in [5.41, 5.74) is 3.20. The quantitative estimate of drug-likeness (QED) is 0.374. The van der Waals surface area contributed by atoms with E-state index in [0.717, 1.165) is 16.1 Å². The third-order valence-corrected chi connectivity index (χ3v) is 6.67. The minimum atomic E-state index is -0.353. The number of benzene rings is 2. The van der Waals surface area contributed by atoms with Gasteiger partial charge in [0.05, 0.1) is 37.8 Å². The third-order valence-electron chi connectivity index (χ3n) is 5.47. The summed E-state index contributed by atoms with van der Waals surface area (Å²) in [4.78, 5) is 21.0. The first kappa shape index (κ1) is 22.5. The molecule has 0 N–H and O–H groups in total. The number of carbonyl (C=O) groups is 1. The maximum Gasteiger partial charge on any atom is 0.270 e. The van der Waals surface area contributed by atoms with Crippen LogP contribution < -0.4 is 14.4 Å². The van der Waals surface area contributed by atoms with Crippen molar-refractivity contribution in [2.45, 2.75) is 19.9 Å². The van der Waals surface area contributed by atoms with E-state index in [1.807, 2.05) is 75.6 Å². The number of carbonyl (C=O) groups excluding carboxylic acids is 1. The van der Waals surface area contributed by atoms with Gasteiger partial charge in [-0.05, 0) is 32.0 Å². The Bertz CT molecular complexity index is 1270. The van der Waals surface area contributed by atoms with Gasteiger partial charge in [0.2, 0.25) is 0 Å². The average molecular weight is 463 g/mol. The van der Waals surface area contributed by atoms with Crippen molar-refractivity contribution in [3.63, 3.8) is 0 Å². The van der Waals surface area contributed by atoms with Crippen molar-refractivity contribution in [3.05, 3.63) is 77.1 Å². The number of amides is 1. The second-order valence-corrected chi connectivity index (χ2v) is 8.63. The first-order chi connectivity index (χ1) is 15.9. The molecule has 0 aliphatic rings. The number of nitrogens with zero attached hydrogens (tertiary/aromatic N) is 4. The van der Waals surface area contributed by atoms with Gasteiger partial charge in [-0.25, -0.2) is 4.98 Å². The molecular weight excluding hydrogens is 436 g/mol. The number of hydrogen-bond donors (Lipinski definition) is 0. The maximum absolute atomic E-state index is 14.0. The molecule has 170 valence electrons. The van der Waals surface area contributed by atoms with Gasteiger partial charge < -0.3 is 9.47 Å². The lowest BCUT2D eigenvalue weighted by molar-refractivity contribution is 0.0981. The van der Waals surface area contributed by atoms with Gasteiger partial charge in [0, 0.05) is 24.4 Å². The Hall–Kier alpha value is -3.65.